The topological polar surface area (TPSA) is 43.9 Å². The van der Waals surface area contributed by atoms with E-state index >= 15 is 0 Å². The average Bonchev–Trinajstić information content (AvgIpc) is 3.19. The summed E-state index contributed by atoms with van der Waals surface area (Å²) < 4.78 is 13.6. The molecule has 170 valence electrons. The van der Waals surface area contributed by atoms with Crippen molar-refractivity contribution < 1.29 is 14.0 Å². The first-order chi connectivity index (χ1) is 15.5. The van der Waals surface area contributed by atoms with Crippen LogP contribution in [0.5, 0.6) is 0 Å². The summed E-state index contributed by atoms with van der Waals surface area (Å²) in [6, 6.07) is 16.2. The summed E-state index contributed by atoms with van der Waals surface area (Å²) >= 11 is 0. The molecule has 0 radical (unpaired) electrons. The highest BCUT2D eigenvalue weighted by molar-refractivity contribution is 5.94. The van der Waals surface area contributed by atoms with Gasteiger partial charge in [0.05, 0.1) is 6.54 Å². The third kappa shape index (κ3) is 4.56. The Labute approximate surface area is 189 Å². The zero-order valence-corrected chi connectivity index (χ0v) is 18.9. The van der Waals surface area contributed by atoms with E-state index in [-0.39, 0.29) is 35.5 Å². The number of carbonyl (C=O) groups excluding carboxylic acids is 2. The summed E-state index contributed by atoms with van der Waals surface area (Å²) in [5.74, 6) is 0.293. The minimum absolute atomic E-state index is 0.0536. The molecule has 32 heavy (non-hydrogen) atoms. The molecule has 2 fully saturated rings. The predicted molar refractivity (Wildman–Crippen MR) is 123 cm³/mol. The SMILES string of the molecule is CCN(CC)C(=O)CN1CC[C@@H]2[C@H](C1)[C@@H](c1ccc(F)cc1)CN2C(=O)c1ccccc1. The number of halogens is 1. The largest absolute Gasteiger partial charge is 0.342 e. The van der Waals surface area contributed by atoms with Crippen molar-refractivity contribution in [2.75, 3.05) is 39.3 Å². The number of nitrogens with zero attached hydrogens (tertiary/aromatic N) is 3. The maximum Gasteiger partial charge on any atom is 0.254 e. The Hall–Kier alpha value is -2.73. The van der Waals surface area contributed by atoms with Gasteiger partial charge in [-0.05, 0) is 50.1 Å². The van der Waals surface area contributed by atoms with Gasteiger partial charge in [-0.15, -0.1) is 0 Å². The van der Waals surface area contributed by atoms with Gasteiger partial charge in [0.15, 0.2) is 0 Å². The molecular weight excluding hydrogens is 405 g/mol. The number of likely N-dealkylation sites (N-methyl/N-ethyl adjacent to an activating group) is 1. The normalized spacial score (nSPS) is 23.1. The van der Waals surface area contributed by atoms with E-state index in [1.165, 1.54) is 12.1 Å². The molecule has 5 nitrogen and oxygen atoms in total. The molecule has 0 aromatic heterocycles. The van der Waals surface area contributed by atoms with Gasteiger partial charge in [0.1, 0.15) is 5.82 Å². The number of hydrogen-bond donors (Lipinski definition) is 0. The van der Waals surface area contributed by atoms with Crippen LogP contribution in [0.3, 0.4) is 0 Å². The Morgan fingerprint density at radius 3 is 2.34 bits per heavy atom. The standard InChI is InChI=1S/C26H32FN3O2/c1-3-29(4-2)25(31)18-28-15-14-24-23(16-28)22(19-10-12-21(27)13-11-19)17-30(24)26(32)20-8-6-5-7-9-20/h5-13,22-24H,3-4,14-18H2,1-2H3/t22-,23-,24-/m1/s1. The molecule has 0 bridgehead atoms. The fourth-order valence-corrected chi connectivity index (χ4v) is 5.36. The quantitative estimate of drug-likeness (QED) is 0.693. The van der Waals surface area contributed by atoms with Gasteiger partial charge in [-0.3, -0.25) is 14.5 Å². The zero-order valence-electron chi connectivity index (χ0n) is 18.9. The van der Waals surface area contributed by atoms with E-state index in [0.29, 0.717) is 31.7 Å². The predicted octanol–water partition coefficient (Wildman–Crippen LogP) is 3.62. The number of fused-ring (bicyclic) bond motifs is 1. The van der Waals surface area contributed by atoms with Gasteiger partial charge in [-0.25, -0.2) is 4.39 Å². The van der Waals surface area contributed by atoms with Crippen molar-refractivity contribution in [2.45, 2.75) is 32.2 Å². The van der Waals surface area contributed by atoms with Crippen molar-refractivity contribution in [3.63, 3.8) is 0 Å². The van der Waals surface area contributed by atoms with Gasteiger partial charge in [-0.2, -0.15) is 0 Å². The molecule has 0 spiro atoms. The molecule has 0 unspecified atom stereocenters. The lowest BCUT2D eigenvalue weighted by Crippen LogP contribution is -2.50. The summed E-state index contributed by atoms with van der Waals surface area (Å²) in [5, 5.41) is 0. The molecule has 2 aromatic rings. The second-order valence-corrected chi connectivity index (χ2v) is 8.80. The van der Waals surface area contributed by atoms with E-state index in [1.54, 1.807) is 0 Å². The molecule has 2 saturated heterocycles. The Bertz CT molecular complexity index is 930. The molecule has 2 heterocycles. The van der Waals surface area contributed by atoms with Crippen LogP contribution in [0.25, 0.3) is 0 Å². The van der Waals surface area contributed by atoms with Gasteiger partial charge in [0.2, 0.25) is 5.91 Å². The van der Waals surface area contributed by atoms with Gasteiger partial charge in [0.25, 0.3) is 5.91 Å². The number of carbonyl (C=O) groups is 2. The first-order valence-corrected chi connectivity index (χ1v) is 11.6. The Morgan fingerprint density at radius 2 is 1.69 bits per heavy atom. The van der Waals surface area contributed by atoms with Crippen molar-refractivity contribution >= 4 is 11.8 Å². The molecule has 2 amide bonds. The lowest BCUT2D eigenvalue weighted by molar-refractivity contribution is -0.132. The minimum Gasteiger partial charge on any atom is -0.342 e. The number of amides is 2. The number of piperidine rings is 1. The first-order valence-electron chi connectivity index (χ1n) is 11.6. The van der Waals surface area contributed by atoms with Crippen LogP contribution in [-0.4, -0.2) is 71.8 Å². The van der Waals surface area contributed by atoms with Gasteiger partial charge < -0.3 is 9.80 Å². The van der Waals surface area contributed by atoms with E-state index in [4.69, 9.17) is 0 Å². The summed E-state index contributed by atoms with van der Waals surface area (Å²) in [6.45, 7) is 8.02. The van der Waals surface area contributed by atoms with Crippen molar-refractivity contribution in [1.82, 2.24) is 14.7 Å². The maximum atomic E-state index is 13.6. The van der Waals surface area contributed by atoms with Crippen LogP contribution in [0.2, 0.25) is 0 Å². The van der Waals surface area contributed by atoms with Crippen molar-refractivity contribution in [2.24, 2.45) is 5.92 Å². The first kappa shape index (κ1) is 22.5. The second-order valence-electron chi connectivity index (χ2n) is 8.80. The molecule has 6 heteroatoms. The van der Waals surface area contributed by atoms with Crippen LogP contribution in [0.4, 0.5) is 4.39 Å². The van der Waals surface area contributed by atoms with Crippen LogP contribution in [-0.2, 0) is 4.79 Å². The van der Waals surface area contributed by atoms with Crippen molar-refractivity contribution in [3.8, 4) is 0 Å². The fourth-order valence-electron chi connectivity index (χ4n) is 5.36. The molecule has 2 aliphatic rings. The number of rotatable bonds is 6. The maximum absolute atomic E-state index is 13.6. The van der Waals surface area contributed by atoms with Crippen LogP contribution < -0.4 is 0 Å². The molecule has 0 saturated carbocycles. The zero-order chi connectivity index (χ0) is 22.7. The van der Waals surface area contributed by atoms with Crippen LogP contribution in [0, 0.1) is 11.7 Å². The third-order valence-electron chi connectivity index (χ3n) is 7.07. The van der Waals surface area contributed by atoms with Crippen molar-refractivity contribution in [3.05, 3.63) is 71.5 Å². The highest BCUT2D eigenvalue weighted by Gasteiger charge is 2.47. The molecule has 2 aliphatic heterocycles. The number of hydrogen-bond acceptors (Lipinski definition) is 3. The summed E-state index contributed by atoms with van der Waals surface area (Å²) in [4.78, 5) is 32.1. The molecule has 2 aromatic carbocycles. The van der Waals surface area contributed by atoms with E-state index in [2.05, 4.69) is 4.90 Å². The van der Waals surface area contributed by atoms with E-state index in [0.717, 1.165) is 25.1 Å². The summed E-state index contributed by atoms with van der Waals surface area (Å²) in [5.41, 5.74) is 1.76. The van der Waals surface area contributed by atoms with E-state index in [1.807, 2.05) is 66.1 Å². The minimum atomic E-state index is -0.254. The molecular formula is C26H32FN3O2. The summed E-state index contributed by atoms with van der Waals surface area (Å²) in [7, 11) is 0. The Morgan fingerprint density at radius 1 is 1.00 bits per heavy atom. The molecule has 0 aliphatic carbocycles. The summed E-state index contributed by atoms with van der Waals surface area (Å²) in [6.07, 6.45) is 0.840. The van der Waals surface area contributed by atoms with Crippen LogP contribution in [0.15, 0.2) is 54.6 Å². The Balaban J connectivity index is 1.57. The highest BCUT2D eigenvalue weighted by atomic mass is 19.1. The van der Waals surface area contributed by atoms with E-state index in [9.17, 15) is 14.0 Å². The monoisotopic (exact) mass is 437 g/mol. The van der Waals surface area contributed by atoms with Gasteiger partial charge in [-0.1, -0.05) is 30.3 Å². The van der Waals surface area contributed by atoms with Crippen molar-refractivity contribution in [1.29, 1.82) is 0 Å². The Kier molecular flexibility index (Phi) is 6.89. The average molecular weight is 438 g/mol. The number of benzene rings is 2. The van der Waals surface area contributed by atoms with Gasteiger partial charge in [0, 0.05) is 56.2 Å². The molecule has 0 N–H and O–H groups in total. The molecule has 3 atom stereocenters. The lowest BCUT2D eigenvalue weighted by Gasteiger charge is -2.39. The smallest absolute Gasteiger partial charge is 0.254 e. The third-order valence-corrected chi connectivity index (χ3v) is 7.07. The second kappa shape index (κ2) is 9.82. The lowest BCUT2D eigenvalue weighted by atomic mass is 9.82. The molecule has 4 rings (SSSR count). The van der Waals surface area contributed by atoms with Crippen LogP contribution in [0.1, 0.15) is 42.1 Å². The van der Waals surface area contributed by atoms with E-state index < -0.39 is 0 Å². The van der Waals surface area contributed by atoms with Crippen LogP contribution >= 0.6 is 0 Å². The highest BCUT2D eigenvalue weighted by Crippen LogP contribution is 2.42. The van der Waals surface area contributed by atoms with Gasteiger partial charge >= 0.3 is 0 Å². The fraction of sp³-hybridized carbons (Fsp3) is 0.462. The number of likely N-dealkylation sites (tertiary alicyclic amines) is 2.